The minimum atomic E-state index is -5.74. The molecule has 0 bridgehead atoms. The smallest absolute Gasteiger partial charge is 0.257 e. The van der Waals surface area contributed by atoms with E-state index in [0.29, 0.717) is 13.8 Å². The third-order valence-corrected chi connectivity index (χ3v) is 5.47. The lowest BCUT2D eigenvalue weighted by atomic mass is 10.1. The Morgan fingerprint density at radius 3 is 2.29 bits per heavy atom. The van der Waals surface area contributed by atoms with Gasteiger partial charge in [0.25, 0.3) is 0 Å². The molecule has 0 unspecified atom stereocenters. The first-order valence-corrected chi connectivity index (χ1v) is 9.38. The normalized spacial score (nSPS) is 13.5. The quantitative estimate of drug-likeness (QED) is 0.242. The maximum atomic E-state index is 13.4. The summed E-state index contributed by atoms with van der Waals surface area (Å²) in [5.41, 5.74) is -0.892. The molecule has 0 radical (unpaired) electrons. The minimum Gasteiger partial charge on any atom is -0.257 e. The molecule has 4 rings (SSSR count). The van der Waals surface area contributed by atoms with E-state index in [2.05, 4.69) is 15.2 Å². The van der Waals surface area contributed by atoms with Crippen LogP contribution in [0.15, 0.2) is 36.7 Å². The number of fused-ring (bicyclic) bond motifs is 2. The monoisotopic (exact) mass is 561 g/mol. The van der Waals surface area contributed by atoms with E-state index < -0.39 is 30.4 Å². The second kappa shape index (κ2) is 7.00. The van der Waals surface area contributed by atoms with Crippen molar-refractivity contribution in [3.05, 3.63) is 45.9 Å². The van der Waals surface area contributed by atoms with Crippen LogP contribution < -0.4 is 0 Å². The van der Waals surface area contributed by atoms with E-state index in [-0.39, 0.29) is 22.2 Å². The molecule has 0 fully saturated rings. The zero-order valence-corrected chi connectivity index (χ0v) is 17.0. The van der Waals surface area contributed by atoms with Gasteiger partial charge in [0.2, 0.25) is 0 Å². The van der Waals surface area contributed by atoms with Crippen LogP contribution >= 0.6 is 22.6 Å². The average Bonchev–Trinajstić information content (AvgIpc) is 3.20. The molecular weight excluding hydrogens is 553 g/mol. The summed E-state index contributed by atoms with van der Waals surface area (Å²) >= 11 is 1.86. The standard InChI is InChI=1S/C17H8F8IN5/c18-15(19,17(23,24)25)7-30-12-6-27-13(3-8(12)5-28-30)31-14(26)10-2-1-9(16(20,21)22)4-11(10)29-31/h1-6H,7H2. The maximum Gasteiger partial charge on any atom is 0.455 e. The van der Waals surface area contributed by atoms with Gasteiger partial charge in [-0.2, -0.15) is 45.3 Å². The first-order valence-electron chi connectivity index (χ1n) is 8.30. The number of nitrogens with zero attached hydrogens (tertiary/aromatic N) is 5. The van der Waals surface area contributed by atoms with Crippen LogP contribution in [0.2, 0.25) is 0 Å². The number of benzene rings is 1. The largest absolute Gasteiger partial charge is 0.455 e. The maximum absolute atomic E-state index is 13.4. The highest BCUT2D eigenvalue weighted by atomic mass is 127. The van der Waals surface area contributed by atoms with Crippen LogP contribution in [0.5, 0.6) is 0 Å². The minimum absolute atomic E-state index is 0.0571. The van der Waals surface area contributed by atoms with Crippen LogP contribution in [0.3, 0.4) is 0 Å². The van der Waals surface area contributed by atoms with E-state index in [1.54, 1.807) is 0 Å². The summed E-state index contributed by atoms with van der Waals surface area (Å²) in [6.07, 6.45) is -8.15. The fraction of sp³-hybridized carbons (Fsp3) is 0.235. The van der Waals surface area contributed by atoms with Crippen LogP contribution in [0, 0.1) is 3.70 Å². The number of alkyl halides is 8. The second-order valence-electron chi connectivity index (χ2n) is 6.54. The zero-order valence-electron chi connectivity index (χ0n) is 14.8. The van der Waals surface area contributed by atoms with Crippen molar-refractivity contribution in [3.63, 3.8) is 0 Å². The number of rotatable bonds is 3. The fourth-order valence-corrected chi connectivity index (χ4v) is 3.68. The molecule has 0 spiro atoms. The third-order valence-electron chi connectivity index (χ3n) is 4.43. The van der Waals surface area contributed by atoms with E-state index in [4.69, 9.17) is 0 Å². The lowest BCUT2D eigenvalue weighted by Gasteiger charge is -2.19. The van der Waals surface area contributed by atoms with Gasteiger partial charge in [-0.05, 0) is 46.9 Å². The predicted octanol–water partition coefficient (Wildman–Crippen LogP) is 5.59. The van der Waals surface area contributed by atoms with Crippen LogP contribution in [0.4, 0.5) is 35.1 Å². The Labute approximate surface area is 180 Å². The third kappa shape index (κ3) is 3.80. The van der Waals surface area contributed by atoms with Gasteiger partial charge in [0.1, 0.15) is 10.2 Å². The van der Waals surface area contributed by atoms with Crippen molar-refractivity contribution >= 4 is 44.4 Å². The molecule has 4 aromatic rings. The fourth-order valence-electron chi connectivity index (χ4n) is 2.87. The van der Waals surface area contributed by atoms with E-state index in [9.17, 15) is 35.1 Å². The summed E-state index contributed by atoms with van der Waals surface area (Å²) in [4.78, 5) is 4.02. The summed E-state index contributed by atoms with van der Waals surface area (Å²) in [5, 5.41) is 8.32. The molecule has 3 heterocycles. The Morgan fingerprint density at radius 2 is 1.65 bits per heavy atom. The molecule has 0 saturated carbocycles. The lowest BCUT2D eigenvalue weighted by Crippen LogP contribution is -2.40. The van der Waals surface area contributed by atoms with Gasteiger partial charge in [0, 0.05) is 10.8 Å². The number of hydrogen-bond acceptors (Lipinski definition) is 3. The van der Waals surface area contributed by atoms with Crippen molar-refractivity contribution in [1.29, 1.82) is 0 Å². The van der Waals surface area contributed by atoms with Gasteiger partial charge in [-0.3, -0.25) is 4.68 Å². The molecule has 0 N–H and O–H groups in total. The highest BCUT2D eigenvalue weighted by Crippen LogP contribution is 2.37. The van der Waals surface area contributed by atoms with Crippen LogP contribution in [0.25, 0.3) is 27.6 Å². The van der Waals surface area contributed by atoms with Crippen molar-refractivity contribution < 1.29 is 35.1 Å². The van der Waals surface area contributed by atoms with E-state index >= 15 is 0 Å². The van der Waals surface area contributed by atoms with E-state index in [1.165, 1.54) is 16.8 Å². The molecule has 31 heavy (non-hydrogen) atoms. The van der Waals surface area contributed by atoms with Gasteiger partial charge in [-0.15, -0.1) is 0 Å². The molecule has 1 aromatic carbocycles. The molecule has 5 nitrogen and oxygen atoms in total. The molecule has 0 saturated heterocycles. The SMILES string of the molecule is FC(F)(F)c1ccc2c(I)n(-c3cc4cnn(CC(F)(F)C(F)(F)F)c4cn3)nc2c1. The summed E-state index contributed by atoms with van der Waals surface area (Å²) in [5.74, 6) is -4.86. The van der Waals surface area contributed by atoms with Crippen LogP contribution in [-0.2, 0) is 12.7 Å². The van der Waals surface area contributed by atoms with Crippen LogP contribution in [0.1, 0.15) is 5.56 Å². The summed E-state index contributed by atoms with van der Waals surface area (Å²) < 4.78 is 105. The van der Waals surface area contributed by atoms with Crippen molar-refractivity contribution in [1.82, 2.24) is 24.5 Å². The Kier molecular flexibility index (Phi) is 4.90. The highest BCUT2D eigenvalue weighted by molar-refractivity contribution is 14.1. The molecule has 0 amide bonds. The zero-order chi connectivity index (χ0) is 22.8. The van der Waals surface area contributed by atoms with E-state index in [1.807, 2.05) is 22.6 Å². The van der Waals surface area contributed by atoms with Gasteiger partial charge in [0.15, 0.2) is 5.82 Å². The van der Waals surface area contributed by atoms with E-state index in [0.717, 1.165) is 24.5 Å². The van der Waals surface area contributed by atoms with Crippen LogP contribution in [-0.4, -0.2) is 36.6 Å². The molecule has 164 valence electrons. The Bertz CT molecular complexity index is 1290. The summed E-state index contributed by atoms with van der Waals surface area (Å²) in [7, 11) is 0. The first-order chi connectivity index (χ1) is 14.3. The predicted molar refractivity (Wildman–Crippen MR) is 101 cm³/mol. The molecule has 0 aliphatic rings. The molecule has 3 aromatic heterocycles. The lowest BCUT2D eigenvalue weighted by molar-refractivity contribution is -0.287. The molecule has 14 heteroatoms. The number of halogens is 9. The molecule has 0 aliphatic carbocycles. The second-order valence-corrected chi connectivity index (χ2v) is 7.56. The van der Waals surface area contributed by atoms with Crippen molar-refractivity contribution in [3.8, 4) is 5.82 Å². The Balaban J connectivity index is 1.74. The Hall–Kier alpha value is -2.52. The number of hydrogen-bond donors (Lipinski definition) is 0. The molecule has 0 atom stereocenters. The average molecular weight is 561 g/mol. The Morgan fingerprint density at radius 1 is 0.935 bits per heavy atom. The summed E-state index contributed by atoms with van der Waals surface area (Å²) in [6.45, 7) is -1.72. The van der Waals surface area contributed by atoms with Crippen molar-refractivity contribution in [2.24, 2.45) is 0 Å². The van der Waals surface area contributed by atoms with Gasteiger partial charge >= 0.3 is 18.3 Å². The highest BCUT2D eigenvalue weighted by Gasteiger charge is 2.57. The molecule has 0 aliphatic heterocycles. The summed E-state index contributed by atoms with van der Waals surface area (Å²) in [6, 6.07) is 4.39. The first kappa shape index (κ1) is 21.7. The van der Waals surface area contributed by atoms with Gasteiger partial charge in [0.05, 0.1) is 29.0 Å². The van der Waals surface area contributed by atoms with Crippen molar-refractivity contribution in [2.75, 3.05) is 0 Å². The van der Waals surface area contributed by atoms with Gasteiger partial charge in [-0.25, -0.2) is 9.67 Å². The topological polar surface area (TPSA) is 48.5 Å². The number of pyridine rings is 1. The molecular formula is C17H8F8IN5. The van der Waals surface area contributed by atoms with Gasteiger partial charge in [-0.1, -0.05) is 0 Å². The van der Waals surface area contributed by atoms with Crippen molar-refractivity contribution in [2.45, 2.75) is 24.8 Å². The number of aromatic nitrogens is 5. The van der Waals surface area contributed by atoms with Gasteiger partial charge < -0.3 is 0 Å².